The maximum absolute atomic E-state index is 12.2. The third kappa shape index (κ3) is 6.36. The van der Waals surface area contributed by atoms with Gasteiger partial charge in [0.1, 0.15) is 5.75 Å². The zero-order chi connectivity index (χ0) is 19.8. The standard InChI is InChI=1S/C20H21F2NO4/c1-3-14-7-9-15(10-8-14)12-23(2)18(24)13-26-19(25)16-5-4-6-17(11-16)27-20(21)22/h4-11,20H,3,12-13H2,1-2H3. The van der Waals surface area contributed by atoms with E-state index in [0.717, 1.165) is 18.1 Å². The molecule has 5 nitrogen and oxygen atoms in total. The normalized spacial score (nSPS) is 10.6. The maximum atomic E-state index is 12.2. The molecule has 7 heteroatoms. The molecule has 0 atom stereocenters. The van der Waals surface area contributed by atoms with Gasteiger partial charge in [0.25, 0.3) is 5.91 Å². The molecule has 0 N–H and O–H groups in total. The van der Waals surface area contributed by atoms with Crippen LogP contribution in [0.4, 0.5) is 8.78 Å². The molecule has 0 saturated carbocycles. The second-order valence-electron chi connectivity index (χ2n) is 5.90. The number of nitrogens with zero attached hydrogens (tertiary/aromatic N) is 1. The van der Waals surface area contributed by atoms with Crippen LogP contribution in [-0.4, -0.2) is 37.0 Å². The van der Waals surface area contributed by atoms with Crippen LogP contribution >= 0.6 is 0 Å². The lowest BCUT2D eigenvalue weighted by Gasteiger charge is -2.17. The molecule has 1 amide bonds. The van der Waals surface area contributed by atoms with Crippen LogP contribution in [0.3, 0.4) is 0 Å². The molecule has 0 fully saturated rings. The van der Waals surface area contributed by atoms with Crippen molar-refractivity contribution in [3.8, 4) is 5.75 Å². The van der Waals surface area contributed by atoms with Gasteiger partial charge < -0.3 is 14.4 Å². The van der Waals surface area contributed by atoms with Crippen molar-refractivity contribution in [3.63, 3.8) is 0 Å². The topological polar surface area (TPSA) is 55.8 Å². The van der Waals surface area contributed by atoms with Gasteiger partial charge in [-0.3, -0.25) is 4.79 Å². The predicted octanol–water partition coefficient (Wildman–Crippen LogP) is 3.67. The monoisotopic (exact) mass is 377 g/mol. The fourth-order valence-electron chi connectivity index (χ4n) is 2.36. The number of amides is 1. The molecule has 0 heterocycles. The number of esters is 1. The minimum atomic E-state index is -2.99. The van der Waals surface area contributed by atoms with Crippen molar-refractivity contribution >= 4 is 11.9 Å². The van der Waals surface area contributed by atoms with Gasteiger partial charge in [0.05, 0.1) is 5.56 Å². The van der Waals surface area contributed by atoms with Crippen molar-refractivity contribution in [1.82, 2.24) is 4.90 Å². The summed E-state index contributed by atoms with van der Waals surface area (Å²) in [5.41, 5.74) is 2.20. The van der Waals surface area contributed by atoms with Gasteiger partial charge in [0.15, 0.2) is 6.61 Å². The highest BCUT2D eigenvalue weighted by molar-refractivity contribution is 5.91. The second-order valence-corrected chi connectivity index (χ2v) is 5.90. The van der Waals surface area contributed by atoms with Crippen LogP contribution < -0.4 is 4.74 Å². The summed E-state index contributed by atoms with van der Waals surface area (Å²) in [7, 11) is 1.61. The Morgan fingerprint density at radius 3 is 2.37 bits per heavy atom. The molecule has 0 aliphatic rings. The molecular weight excluding hydrogens is 356 g/mol. The van der Waals surface area contributed by atoms with Crippen molar-refractivity contribution in [2.45, 2.75) is 26.5 Å². The highest BCUT2D eigenvalue weighted by atomic mass is 19.3. The van der Waals surface area contributed by atoms with E-state index < -0.39 is 19.2 Å². The van der Waals surface area contributed by atoms with Gasteiger partial charge >= 0.3 is 12.6 Å². The highest BCUT2D eigenvalue weighted by Gasteiger charge is 2.15. The first-order valence-electron chi connectivity index (χ1n) is 8.42. The van der Waals surface area contributed by atoms with Crippen molar-refractivity contribution in [3.05, 3.63) is 65.2 Å². The van der Waals surface area contributed by atoms with Crippen LogP contribution in [0.5, 0.6) is 5.75 Å². The van der Waals surface area contributed by atoms with E-state index in [1.54, 1.807) is 7.05 Å². The zero-order valence-corrected chi connectivity index (χ0v) is 15.2. The van der Waals surface area contributed by atoms with E-state index in [2.05, 4.69) is 11.7 Å². The minimum absolute atomic E-state index is 0.0266. The molecule has 2 aromatic carbocycles. The van der Waals surface area contributed by atoms with E-state index in [1.807, 2.05) is 24.3 Å². The third-order valence-electron chi connectivity index (χ3n) is 3.90. The Kier molecular flexibility index (Phi) is 7.28. The van der Waals surface area contributed by atoms with E-state index in [1.165, 1.54) is 28.7 Å². The first-order valence-corrected chi connectivity index (χ1v) is 8.42. The smallest absolute Gasteiger partial charge is 0.387 e. The minimum Gasteiger partial charge on any atom is -0.452 e. The van der Waals surface area contributed by atoms with Crippen molar-refractivity contribution in [2.75, 3.05) is 13.7 Å². The molecule has 0 aromatic heterocycles. The van der Waals surface area contributed by atoms with Crippen molar-refractivity contribution in [1.29, 1.82) is 0 Å². The fraction of sp³-hybridized carbons (Fsp3) is 0.300. The van der Waals surface area contributed by atoms with Crippen LogP contribution in [0.2, 0.25) is 0 Å². The summed E-state index contributed by atoms with van der Waals surface area (Å²) in [6, 6.07) is 13.1. The van der Waals surface area contributed by atoms with Gasteiger partial charge in [-0.2, -0.15) is 8.78 Å². The summed E-state index contributed by atoms with van der Waals surface area (Å²) < 4.78 is 33.7. The number of benzene rings is 2. The van der Waals surface area contributed by atoms with Gasteiger partial charge in [-0.15, -0.1) is 0 Å². The van der Waals surface area contributed by atoms with E-state index >= 15 is 0 Å². The molecule has 0 radical (unpaired) electrons. The first kappa shape index (κ1) is 20.4. The molecule has 0 aliphatic carbocycles. The average molecular weight is 377 g/mol. The summed E-state index contributed by atoms with van der Waals surface area (Å²) in [4.78, 5) is 25.6. The molecule has 144 valence electrons. The lowest BCUT2D eigenvalue weighted by Crippen LogP contribution is -2.30. The van der Waals surface area contributed by atoms with Crippen LogP contribution in [-0.2, 0) is 22.5 Å². The molecule has 27 heavy (non-hydrogen) atoms. The Labute approximate surface area is 156 Å². The van der Waals surface area contributed by atoms with Gasteiger partial charge in [-0.25, -0.2) is 4.79 Å². The van der Waals surface area contributed by atoms with Crippen LogP contribution in [0.25, 0.3) is 0 Å². The van der Waals surface area contributed by atoms with E-state index in [-0.39, 0.29) is 17.2 Å². The molecule has 2 aromatic rings. The fourth-order valence-corrected chi connectivity index (χ4v) is 2.36. The number of hydrogen-bond acceptors (Lipinski definition) is 4. The second kappa shape index (κ2) is 9.66. The Morgan fingerprint density at radius 1 is 1.07 bits per heavy atom. The highest BCUT2D eigenvalue weighted by Crippen LogP contribution is 2.16. The number of aryl methyl sites for hydroxylation is 1. The summed E-state index contributed by atoms with van der Waals surface area (Å²) >= 11 is 0. The van der Waals surface area contributed by atoms with E-state index in [0.29, 0.717) is 6.54 Å². The summed E-state index contributed by atoms with van der Waals surface area (Å²) in [5, 5.41) is 0. The lowest BCUT2D eigenvalue weighted by molar-refractivity contribution is -0.133. The number of carbonyl (C=O) groups excluding carboxylic acids is 2. The number of ether oxygens (including phenoxy) is 2. The SMILES string of the molecule is CCc1ccc(CN(C)C(=O)COC(=O)c2cccc(OC(F)F)c2)cc1. The Balaban J connectivity index is 1.87. The van der Waals surface area contributed by atoms with E-state index in [4.69, 9.17) is 4.74 Å². The number of likely N-dealkylation sites (N-methyl/N-ethyl adjacent to an activating group) is 1. The zero-order valence-electron chi connectivity index (χ0n) is 15.2. The third-order valence-corrected chi connectivity index (χ3v) is 3.90. The van der Waals surface area contributed by atoms with E-state index in [9.17, 15) is 18.4 Å². The van der Waals surface area contributed by atoms with Gasteiger partial charge in [-0.1, -0.05) is 37.3 Å². The Hall–Kier alpha value is -2.96. The molecule has 0 spiro atoms. The summed E-state index contributed by atoms with van der Waals surface area (Å²) in [5.74, 6) is -1.31. The quantitative estimate of drug-likeness (QED) is 0.659. The first-order chi connectivity index (χ1) is 12.9. The number of alkyl halides is 2. The Morgan fingerprint density at radius 2 is 1.74 bits per heavy atom. The lowest BCUT2D eigenvalue weighted by atomic mass is 10.1. The summed E-state index contributed by atoms with van der Waals surface area (Å²) in [6.07, 6.45) is 0.939. The number of hydrogen-bond donors (Lipinski definition) is 0. The largest absolute Gasteiger partial charge is 0.452 e. The number of rotatable bonds is 8. The molecule has 0 aliphatic heterocycles. The van der Waals surface area contributed by atoms with Crippen LogP contribution in [0, 0.1) is 0 Å². The van der Waals surface area contributed by atoms with Gasteiger partial charge in [0, 0.05) is 13.6 Å². The van der Waals surface area contributed by atoms with Crippen LogP contribution in [0.1, 0.15) is 28.4 Å². The predicted molar refractivity (Wildman–Crippen MR) is 95.7 cm³/mol. The van der Waals surface area contributed by atoms with Gasteiger partial charge in [-0.05, 0) is 35.7 Å². The molecule has 0 unspecified atom stereocenters. The van der Waals surface area contributed by atoms with Gasteiger partial charge in [0.2, 0.25) is 0 Å². The van der Waals surface area contributed by atoms with Crippen molar-refractivity contribution < 1.29 is 27.8 Å². The van der Waals surface area contributed by atoms with Crippen molar-refractivity contribution in [2.24, 2.45) is 0 Å². The molecule has 0 bridgehead atoms. The molecular formula is C20H21F2NO4. The molecule has 0 saturated heterocycles. The Bertz CT molecular complexity index is 778. The molecule has 2 rings (SSSR count). The number of carbonyl (C=O) groups is 2. The number of halogens is 2. The average Bonchev–Trinajstić information content (AvgIpc) is 2.66. The van der Waals surface area contributed by atoms with Crippen LogP contribution in [0.15, 0.2) is 48.5 Å². The summed E-state index contributed by atoms with van der Waals surface area (Å²) in [6.45, 7) is -0.979. The maximum Gasteiger partial charge on any atom is 0.387 e.